The number of hydrogen-bond acceptors (Lipinski definition) is 10. The third-order valence-electron chi connectivity index (χ3n) is 7.94. The number of esters is 1. The lowest BCUT2D eigenvalue weighted by Gasteiger charge is -2.30. The number of rotatable bonds is 23. The molecular formula is C34H52N6O6. The molecule has 1 aliphatic heterocycles. The summed E-state index contributed by atoms with van der Waals surface area (Å²) in [5.41, 5.74) is 2.79. The number of nitrogens with zero attached hydrogens (tertiary/aromatic N) is 3. The number of amides is 2. The number of β-amino-alcohol motifs (C(OH)–C–C–N with tert-alkyl or cyclic N) is 1. The van der Waals surface area contributed by atoms with Crippen molar-refractivity contribution >= 4 is 23.6 Å². The largest absolute Gasteiger partial charge is 0.463 e. The van der Waals surface area contributed by atoms with E-state index in [4.69, 9.17) is 9.47 Å². The topological polar surface area (TPSA) is 155 Å². The standard InChI is InChI=1S/C34H52N6O6/c1-45-19-20-46-33(43)15-9-7-5-3-2-4-6-8-12-17-35-32(42)23-36-31-21-30(38-26-39-31)34(44)37-22-29(41)25-40-18-16-27-13-10-11-14-28(27)24-40/h10-11,13-14,21,26,29,41H,2-9,12,15-20,22-25H2,1H3,(H,35,42)(H,37,44)(H,36,38,39)/t29-/m0/s1. The fourth-order valence-corrected chi connectivity index (χ4v) is 5.36. The molecular weight excluding hydrogens is 588 g/mol. The van der Waals surface area contributed by atoms with Crippen molar-refractivity contribution in [1.29, 1.82) is 0 Å². The van der Waals surface area contributed by atoms with Gasteiger partial charge in [-0.25, -0.2) is 9.97 Å². The van der Waals surface area contributed by atoms with Gasteiger partial charge in [0.25, 0.3) is 5.91 Å². The number of fused-ring (bicyclic) bond motifs is 1. The lowest BCUT2D eigenvalue weighted by Crippen LogP contribution is -2.42. The number of nitrogens with one attached hydrogen (secondary N) is 3. The van der Waals surface area contributed by atoms with E-state index < -0.39 is 12.0 Å². The summed E-state index contributed by atoms with van der Waals surface area (Å²) in [6.07, 6.45) is 11.7. The number of carbonyl (C=O) groups is 3. The van der Waals surface area contributed by atoms with Gasteiger partial charge in [-0.3, -0.25) is 19.3 Å². The van der Waals surface area contributed by atoms with Gasteiger partial charge in [0.1, 0.15) is 24.4 Å². The predicted octanol–water partition coefficient (Wildman–Crippen LogP) is 3.24. The Labute approximate surface area is 273 Å². The van der Waals surface area contributed by atoms with Crippen LogP contribution in [0, 0.1) is 0 Å². The summed E-state index contributed by atoms with van der Waals surface area (Å²) in [5, 5.41) is 19.1. The van der Waals surface area contributed by atoms with Gasteiger partial charge in [-0.2, -0.15) is 0 Å². The van der Waals surface area contributed by atoms with Crippen molar-refractivity contribution in [2.75, 3.05) is 58.4 Å². The second-order valence-corrected chi connectivity index (χ2v) is 11.8. The first-order valence-electron chi connectivity index (χ1n) is 16.7. The van der Waals surface area contributed by atoms with Gasteiger partial charge in [0.15, 0.2) is 0 Å². The molecule has 2 heterocycles. The molecule has 1 aliphatic rings. The first kappa shape index (κ1) is 36.9. The molecule has 1 aromatic carbocycles. The van der Waals surface area contributed by atoms with Gasteiger partial charge in [0.05, 0.1) is 19.3 Å². The van der Waals surface area contributed by atoms with Crippen LogP contribution in [-0.2, 0) is 32.0 Å². The van der Waals surface area contributed by atoms with Gasteiger partial charge < -0.3 is 30.5 Å². The fourth-order valence-electron chi connectivity index (χ4n) is 5.36. The first-order chi connectivity index (χ1) is 22.4. The van der Waals surface area contributed by atoms with Crippen molar-refractivity contribution in [3.05, 3.63) is 53.5 Å². The van der Waals surface area contributed by atoms with E-state index in [1.165, 1.54) is 42.8 Å². The Balaban J connectivity index is 1.17. The third kappa shape index (κ3) is 15.1. The van der Waals surface area contributed by atoms with Crippen LogP contribution in [0.4, 0.5) is 5.82 Å². The molecule has 2 aromatic rings. The van der Waals surface area contributed by atoms with Crippen molar-refractivity contribution in [3.63, 3.8) is 0 Å². The Bertz CT molecular complexity index is 1200. The number of anilines is 1. The average Bonchev–Trinajstić information content (AvgIpc) is 3.07. The van der Waals surface area contributed by atoms with Crippen molar-refractivity contribution in [2.24, 2.45) is 0 Å². The number of carbonyl (C=O) groups excluding carboxylic acids is 3. The molecule has 12 nitrogen and oxygen atoms in total. The minimum Gasteiger partial charge on any atom is -0.463 e. The predicted molar refractivity (Wildman–Crippen MR) is 176 cm³/mol. The van der Waals surface area contributed by atoms with Crippen LogP contribution in [0.1, 0.15) is 85.8 Å². The van der Waals surface area contributed by atoms with Crippen LogP contribution in [0.15, 0.2) is 36.7 Å². The number of ether oxygens (including phenoxy) is 2. The van der Waals surface area contributed by atoms with E-state index >= 15 is 0 Å². The van der Waals surface area contributed by atoms with Gasteiger partial charge in [0.2, 0.25) is 5.91 Å². The SMILES string of the molecule is COCCOC(=O)CCCCCCCCCCCNC(=O)CNc1cc(C(=O)NC[C@H](O)CN2CCc3ccccc3C2)ncn1. The Kier molecular flexibility index (Phi) is 17.6. The molecule has 4 N–H and O–H groups in total. The molecule has 1 atom stereocenters. The number of benzene rings is 1. The lowest BCUT2D eigenvalue weighted by molar-refractivity contribution is -0.145. The minimum absolute atomic E-state index is 0.0423. The maximum atomic E-state index is 12.6. The number of unbranched alkanes of at least 4 members (excludes halogenated alkanes) is 8. The number of methoxy groups -OCH3 is 1. The highest BCUT2D eigenvalue weighted by Gasteiger charge is 2.19. The highest BCUT2D eigenvalue weighted by atomic mass is 16.6. The highest BCUT2D eigenvalue weighted by molar-refractivity contribution is 5.93. The third-order valence-corrected chi connectivity index (χ3v) is 7.94. The molecule has 0 saturated carbocycles. The Morgan fingerprint density at radius 2 is 1.65 bits per heavy atom. The molecule has 3 rings (SSSR count). The molecule has 0 spiro atoms. The minimum atomic E-state index is -0.704. The van der Waals surface area contributed by atoms with E-state index in [2.05, 4.69) is 49.0 Å². The van der Waals surface area contributed by atoms with E-state index in [-0.39, 0.29) is 30.7 Å². The molecule has 1 aromatic heterocycles. The number of aliphatic hydroxyl groups is 1. The zero-order valence-corrected chi connectivity index (χ0v) is 27.3. The summed E-state index contributed by atoms with van der Waals surface area (Å²) < 4.78 is 9.91. The maximum absolute atomic E-state index is 12.6. The Hall–Kier alpha value is -3.61. The summed E-state index contributed by atoms with van der Waals surface area (Å²) in [5.74, 6) is -0.319. The molecule has 254 valence electrons. The zero-order valence-electron chi connectivity index (χ0n) is 27.3. The van der Waals surface area contributed by atoms with Crippen molar-refractivity contribution in [1.82, 2.24) is 25.5 Å². The van der Waals surface area contributed by atoms with Crippen LogP contribution in [0.25, 0.3) is 0 Å². The smallest absolute Gasteiger partial charge is 0.305 e. The number of hydrogen-bond donors (Lipinski definition) is 4. The zero-order chi connectivity index (χ0) is 32.8. The van der Waals surface area contributed by atoms with Crippen LogP contribution in [0.3, 0.4) is 0 Å². The molecule has 2 amide bonds. The molecule has 0 radical (unpaired) electrons. The highest BCUT2D eigenvalue weighted by Crippen LogP contribution is 2.18. The molecule has 0 bridgehead atoms. The van der Waals surface area contributed by atoms with Crippen molar-refractivity contribution < 1.29 is 29.0 Å². The average molecular weight is 641 g/mol. The summed E-state index contributed by atoms with van der Waals surface area (Å²) in [7, 11) is 1.58. The second-order valence-electron chi connectivity index (χ2n) is 11.8. The second kappa shape index (κ2) is 22.0. The lowest BCUT2D eigenvalue weighted by atomic mass is 10.00. The van der Waals surface area contributed by atoms with E-state index in [1.54, 1.807) is 7.11 Å². The summed E-state index contributed by atoms with van der Waals surface area (Å²) in [6, 6.07) is 9.84. The maximum Gasteiger partial charge on any atom is 0.305 e. The van der Waals surface area contributed by atoms with Crippen LogP contribution in [0.2, 0.25) is 0 Å². The molecule has 12 heteroatoms. The van der Waals surface area contributed by atoms with E-state index in [0.29, 0.717) is 38.5 Å². The number of aromatic nitrogens is 2. The van der Waals surface area contributed by atoms with Crippen LogP contribution < -0.4 is 16.0 Å². The summed E-state index contributed by atoms with van der Waals surface area (Å²) >= 11 is 0. The van der Waals surface area contributed by atoms with Crippen LogP contribution >= 0.6 is 0 Å². The Morgan fingerprint density at radius 3 is 2.41 bits per heavy atom. The van der Waals surface area contributed by atoms with Crippen LogP contribution in [0.5, 0.6) is 0 Å². The van der Waals surface area contributed by atoms with Gasteiger partial charge in [0, 0.05) is 52.3 Å². The quantitative estimate of drug-likeness (QED) is 0.105. The number of aliphatic hydroxyl groups excluding tert-OH is 1. The molecule has 0 saturated heterocycles. The molecule has 0 aliphatic carbocycles. The summed E-state index contributed by atoms with van der Waals surface area (Å²) in [6.45, 7) is 3.66. The van der Waals surface area contributed by atoms with E-state index in [0.717, 1.165) is 58.0 Å². The first-order valence-corrected chi connectivity index (χ1v) is 16.7. The van der Waals surface area contributed by atoms with E-state index in [9.17, 15) is 19.5 Å². The van der Waals surface area contributed by atoms with Gasteiger partial charge in [-0.15, -0.1) is 0 Å². The van der Waals surface area contributed by atoms with Crippen LogP contribution in [-0.4, -0.2) is 96.9 Å². The molecule has 46 heavy (non-hydrogen) atoms. The normalized spacial score (nSPS) is 13.4. The van der Waals surface area contributed by atoms with E-state index in [1.807, 2.05) is 6.07 Å². The molecule has 0 unspecified atom stereocenters. The summed E-state index contributed by atoms with van der Waals surface area (Å²) in [4.78, 5) is 46.7. The van der Waals surface area contributed by atoms with Gasteiger partial charge >= 0.3 is 5.97 Å². The monoisotopic (exact) mass is 640 g/mol. The van der Waals surface area contributed by atoms with Gasteiger partial charge in [-0.05, 0) is 30.4 Å². The van der Waals surface area contributed by atoms with Crippen molar-refractivity contribution in [2.45, 2.75) is 83.3 Å². The van der Waals surface area contributed by atoms with Crippen molar-refractivity contribution in [3.8, 4) is 0 Å². The molecule has 0 fully saturated rings. The van der Waals surface area contributed by atoms with Gasteiger partial charge in [-0.1, -0.05) is 69.2 Å². The Morgan fingerprint density at radius 1 is 0.935 bits per heavy atom. The fraction of sp³-hybridized carbons (Fsp3) is 0.618.